The van der Waals surface area contributed by atoms with E-state index in [2.05, 4.69) is 13.8 Å². The first-order valence-corrected chi connectivity index (χ1v) is 8.38. The summed E-state index contributed by atoms with van der Waals surface area (Å²) in [5.74, 6) is 0.333. The van der Waals surface area contributed by atoms with Gasteiger partial charge in [0.25, 0.3) is 0 Å². The molecule has 2 aliphatic rings. The van der Waals surface area contributed by atoms with Crippen LogP contribution in [-0.2, 0) is 15.0 Å². The lowest BCUT2D eigenvalue weighted by Crippen LogP contribution is -2.44. The van der Waals surface area contributed by atoms with E-state index in [1.807, 2.05) is 0 Å². The molecule has 0 aromatic heterocycles. The van der Waals surface area contributed by atoms with Crippen LogP contribution in [0.5, 0.6) is 0 Å². The molecule has 0 N–H and O–H groups in total. The molecule has 0 aromatic carbocycles. The average Bonchev–Trinajstić information content (AvgIpc) is 2.56. The SMILES string of the molecule is CC(C)CC1(CN2CC(S(=O)(=O)F)CC2=O)CCC1. The predicted molar refractivity (Wildman–Crippen MR) is 70.8 cm³/mol. The lowest BCUT2D eigenvalue weighted by molar-refractivity contribution is -0.130. The van der Waals surface area contributed by atoms with Crippen molar-refractivity contribution in [3.05, 3.63) is 0 Å². The fourth-order valence-electron chi connectivity index (χ4n) is 3.45. The first-order chi connectivity index (χ1) is 8.72. The molecule has 1 aliphatic carbocycles. The van der Waals surface area contributed by atoms with Crippen LogP contribution in [0.2, 0.25) is 0 Å². The molecule has 4 nitrogen and oxygen atoms in total. The normalized spacial score (nSPS) is 26.8. The second-order valence-corrected chi connectivity index (χ2v) is 8.15. The monoisotopic (exact) mass is 291 g/mol. The summed E-state index contributed by atoms with van der Waals surface area (Å²) in [5.41, 5.74) is 0.138. The Labute approximate surface area is 114 Å². The van der Waals surface area contributed by atoms with Crippen molar-refractivity contribution < 1.29 is 17.1 Å². The van der Waals surface area contributed by atoms with Crippen LogP contribution in [0.4, 0.5) is 3.89 Å². The van der Waals surface area contributed by atoms with Gasteiger partial charge >= 0.3 is 10.2 Å². The minimum atomic E-state index is -4.60. The Balaban J connectivity index is 2.01. The lowest BCUT2D eigenvalue weighted by Gasteiger charge is -2.45. The molecule has 0 spiro atoms. The molecule has 0 aromatic rings. The molecular formula is C13H22FNO3S. The van der Waals surface area contributed by atoms with E-state index in [0.29, 0.717) is 12.5 Å². The van der Waals surface area contributed by atoms with Crippen LogP contribution < -0.4 is 0 Å². The Kier molecular flexibility index (Phi) is 3.91. The third-order valence-corrected chi connectivity index (χ3v) is 5.47. The highest BCUT2D eigenvalue weighted by Gasteiger charge is 2.44. The number of rotatable bonds is 5. The predicted octanol–water partition coefficient (Wildman–Crippen LogP) is 2.10. The molecule has 1 heterocycles. The van der Waals surface area contributed by atoms with E-state index >= 15 is 0 Å². The van der Waals surface area contributed by atoms with Gasteiger partial charge in [0.2, 0.25) is 5.91 Å². The summed E-state index contributed by atoms with van der Waals surface area (Å²) in [4.78, 5) is 13.4. The maximum Gasteiger partial charge on any atom is 0.307 e. The van der Waals surface area contributed by atoms with E-state index in [1.54, 1.807) is 4.90 Å². The molecule has 0 bridgehead atoms. The molecule has 19 heavy (non-hydrogen) atoms. The zero-order valence-electron chi connectivity index (χ0n) is 11.6. The van der Waals surface area contributed by atoms with E-state index in [9.17, 15) is 17.1 Å². The minimum Gasteiger partial charge on any atom is -0.341 e. The van der Waals surface area contributed by atoms with Gasteiger partial charge in [-0.25, -0.2) is 0 Å². The van der Waals surface area contributed by atoms with Crippen LogP contribution in [0, 0.1) is 11.3 Å². The van der Waals surface area contributed by atoms with E-state index in [0.717, 1.165) is 19.3 Å². The third-order valence-electron chi connectivity index (χ3n) is 4.36. The highest BCUT2D eigenvalue weighted by molar-refractivity contribution is 7.87. The summed E-state index contributed by atoms with van der Waals surface area (Å²) < 4.78 is 34.8. The zero-order valence-corrected chi connectivity index (χ0v) is 12.4. The molecule has 2 fully saturated rings. The van der Waals surface area contributed by atoms with Gasteiger partial charge in [0, 0.05) is 19.5 Å². The first kappa shape index (κ1) is 14.8. The summed E-state index contributed by atoms with van der Waals surface area (Å²) in [6.07, 6.45) is 4.18. The maximum absolute atomic E-state index is 13.0. The van der Waals surface area contributed by atoms with Crippen LogP contribution in [0.15, 0.2) is 0 Å². The molecule has 1 aliphatic heterocycles. The number of likely N-dealkylation sites (tertiary alicyclic amines) is 1. The molecule has 1 saturated carbocycles. The molecule has 2 rings (SSSR count). The fraction of sp³-hybridized carbons (Fsp3) is 0.923. The number of carbonyl (C=O) groups excluding carboxylic acids is 1. The summed E-state index contributed by atoms with van der Waals surface area (Å²) >= 11 is 0. The molecular weight excluding hydrogens is 269 g/mol. The Bertz CT molecular complexity index is 457. The van der Waals surface area contributed by atoms with Crippen molar-refractivity contribution in [3.63, 3.8) is 0 Å². The van der Waals surface area contributed by atoms with Crippen LogP contribution in [0.3, 0.4) is 0 Å². The Morgan fingerprint density at radius 3 is 2.42 bits per heavy atom. The number of hydrogen-bond acceptors (Lipinski definition) is 3. The molecule has 110 valence electrons. The van der Waals surface area contributed by atoms with Crippen molar-refractivity contribution in [2.24, 2.45) is 11.3 Å². The first-order valence-electron chi connectivity index (χ1n) is 6.93. The van der Waals surface area contributed by atoms with Crippen molar-refractivity contribution in [1.29, 1.82) is 0 Å². The van der Waals surface area contributed by atoms with E-state index in [4.69, 9.17) is 0 Å². The Hall–Kier alpha value is -0.650. The lowest BCUT2D eigenvalue weighted by atomic mass is 9.64. The summed E-state index contributed by atoms with van der Waals surface area (Å²) in [7, 11) is -4.60. The smallest absolute Gasteiger partial charge is 0.307 e. The third kappa shape index (κ3) is 3.27. The Morgan fingerprint density at radius 2 is 2.05 bits per heavy atom. The van der Waals surface area contributed by atoms with Crippen molar-refractivity contribution >= 4 is 16.1 Å². The summed E-state index contributed by atoms with van der Waals surface area (Å²) in [6.45, 7) is 4.93. The second-order valence-electron chi connectivity index (χ2n) is 6.53. The zero-order chi connectivity index (χ0) is 14.3. The van der Waals surface area contributed by atoms with Gasteiger partial charge in [-0.3, -0.25) is 4.79 Å². The van der Waals surface area contributed by atoms with Crippen LogP contribution in [0.1, 0.15) is 46.0 Å². The van der Waals surface area contributed by atoms with Gasteiger partial charge in [-0.05, 0) is 30.6 Å². The van der Waals surface area contributed by atoms with E-state index in [-0.39, 0.29) is 24.3 Å². The van der Waals surface area contributed by atoms with Crippen molar-refractivity contribution in [2.45, 2.75) is 51.2 Å². The van der Waals surface area contributed by atoms with Gasteiger partial charge in [0.05, 0.1) is 0 Å². The number of halogens is 1. The standard InChI is InChI=1S/C13H22FNO3S/c1-10(2)7-13(4-3-5-13)9-15-8-11(6-12(15)16)19(14,17)18/h10-11H,3-9H2,1-2H3. The topological polar surface area (TPSA) is 54.5 Å². The van der Waals surface area contributed by atoms with Crippen LogP contribution in [-0.4, -0.2) is 37.6 Å². The van der Waals surface area contributed by atoms with Crippen LogP contribution in [0.25, 0.3) is 0 Å². The van der Waals surface area contributed by atoms with Gasteiger partial charge in [-0.15, -0.1) is 3.89 Å². The van der Waals surface area contributed by atoms with Crippen molar-refractivity contribution in [3.8, 4) is 0 Å². The van der Waals surface area contributed by atoms with Gasteiger partial charge < -0.3 is 4.90 Å². The molecule has 6 heteroatoms. The van der Waals surface area contributed by atoms with Gasteiger partial charge in [-0.2, -0.15) is 8.42 Å². The summed E-state index contributed by atoms with van der Waals surface area (Å²) in [5, 5.41) is -1.16. The average molecular weight is 291 g/mol. The van der Waals surface area contributed by atoms with Gasteiger partial charge in [0.15, 0.2) is 0 Å². The number of amides is 1. The van der Waals surface area contributed by atoms with E-state index < -0.39 is 15.5 Å². The molecule has 0 radical (unpaired) electrons. The van der Waals surface area contributed by atoms with Crippen molar-refractivity contribution in [2.75, 3.05) is 13.1 Å². The summed E-state index contributed by atoms with van der Waals surface area (Å²) in [6, 6.07) is 0. The van der Waals surface area contributed by atoms with Crippen molar-refractivity contribution in [1.82, 2.24) is 4.90 Å². The second kappa shape index (κ2) is 5.04. The van der Waals surface area contributed by atoms with Crippen LogP contribution >= 0.6 is 0 Å². The molecule has 1 atom stereocenters. The van der Waals surface area contributed by atoms with E-state index in [1.165, 1.54) is 6.42 Å². The number of carbonyl (C=O) groups is 1. The van der Waals surface area contributed by atoms with Gasteiger partial charge in [0.1, 0.15) is 5.25 Å². The quantitative estimate of drug-likeness (QED) is 0.729. The maximum atomic E-state index is 13.0. The molecule has 1 unspecified atom stereocenters. The largest absolute Gasteiger partial charge is 0.341 e. The highest BCUT2D eigenvalue weighted by atomic mass is 32.3. The van der Waals surface area contributed by atoms with Gasteiger partial charge in [-0.1, -0.05) is 20.3 Å². The highest BCUT2D eigenvalue weighted by Crippen LogP contribution is 2.47. The number of hydrogen-bond donors (Lipinski definition) is 0. The Morgan fingerprint density at radius 1 is 1.42 bits per heavy atom. The molecule has 1 saturated heterocycles. The minimum absolute atomic E-state index is 0.0253. The number of nitrogens with zero attached hydrogens (tertiary/aromatic N) is 1. The fourth-order valence-corrected chi connectivity index (χ4v) is 4.15. The molecule has 1 amide bonds.